The molecule has 2 aromatic carbocycles. The Labute approximate surface area is 163 Å². The van der Waals surface area contributed by atoms with Crippen molar-refractivity contribution in [2.75, 3.05) is 6.73 Å². The highest BCUT2D eigenvalue weighted by atomic mass is 19.1. The monoisotopic (exact) mass is 381 g/mol. The van der Waals surface area contributed by atoms with E-state index in [1.54, 1.807) is 18.2 Å². The van der Waals surface area contributed by atoms with Crippen LogP contribution in [0, 0.1) is 12.7 Å². The van der Waals surface area contributed by atoms with E-state index >= 15 is 0 Å². The smallest absolute Gasteiger partial charge is 0.336 e. The molecule has 0 amide bonds. The van der Waals surface area contributed by atoms with E-state index in [2.05, 4.69) is 17.9 Å². The summed E-state index contributed by atoms with van der Waals surface area (Å²) in [4.78, 5) is 14.1. The van der Waals surface area contributed by atoms with Crippen molar-refractivity contribution in [3.8, 4) is 5.75 Å². The molecule has 5 heteroatoms. The third kappa shape index (κ3) is 3.54. The van der Waals surface area contributed by atoms with Crippen molar-refractivity contribution < 1.29 is 13.5 Å². The van der Waals surface area contributed by atoms with Gasteiger partial charge in [-0.3, -0.25) is 4.90 Å². The van der Waals surface area contributed by atoms with Crippen LogP contribution in [0.5, 0.6) is 5.75 Å². The van der Waals surface area contributed by atoms with Crippen molar-refractivity contribution in [2.24, 2.45) is 0 Å². The molecule has 0 spiro atoms. The van der Waals surface area contributed by atoms with Gasteiger partial charge < -0.3 is 9.15 Å². The van der Waals surface area contributed by atoms with Crippen molar-refractivity contribution in [2.45, 2.75) is 46.2 Å². The maximum absolute atomic E-state index is 14.0. The minimum absolute atomic E-state index is 0.202. The fourth-order valence-corrected chi connectivity index (χ4v) is 3.88. The molecule has 1 aliphatic rings. The van der Waals surface area contributed by atoms with Crippen LogP contribution in [0.4, 0.5) is 4.39 Å². The van der Waals surface area contributed by atoms with Crippen molar-refractivity contribution in [3.63, 3.8) is 0 Å². The first-order valence-electron chi connectivity index (χ1n) is 9.74. The molecule has 0 aliphatic carbocycles. The van der Waals surface area contributed by atoms with Crippen LogP contribution in [-0.4, -0.2) is 11.6 Å². The van der Waals surface area contributed by atoms with E-state index in [1.807, 2.05) is 13.0 Å². The molecule has 1 aromatic heterocycles. The summed E-state index contributed by atoms with van der Waals surface area (Å²) in [5.41, 5.74) is 3.86. The number of nitrogens with zero attached hydrogens (tertiary/aromatic N) is 1. The second-order valence-corrected chi connectivity index (χ2v) is 7.41. The van der Waals surface area contributed by atoms with E-state index in [0.717, 1.165) is 47.1 Å². The molecule has 0 atom stereocenters. The van der Waals surface area contributed by atoms with Gasteiger partial charge in [-0.05, 0) is 37.5 Å². The summed E-state index contributed by atoms with van der Waals surface area (Å²) in [6.45, 7) is 5.57. The van der Waals surface area contributed by atoms with Crippen LogP contribution in [0.15, 0.2) is 45.6 Å². The fourth-order valence-electron chi connectivity index (χ4n) is 3.88. The zero-order valence-electron chi connectivity index (χ0n) is 16.3. The topological polar surface area (TPSA) is 42.7 Å². The highest BCUT2D eigenvalue weighted by Gasteiger charge is 2.23. The first kappa shape index (κ1) is 18.7. The second-order valence-electron chi connectivity index (χ2n) is 7.41. The van der Waals surface area contributed by atoms with E-state index in [-0.39, 0.29) is 11.4 Å². The molecule has 0 fully saturated rings. The van der Waals surface area contributed by atoms with Gasteiger partial charge in [-0.25, -0.2) is 9.18 Å². The van der Waals surface area contributed by atoms with Gasteiger partial charge in [-0.1, -0.05) is 31.5 Å². The largest absolute Gasteiger partial charge is 0.477 e. The van der Waals surface area contributed by atoms with Crippen LogP contribution in [0.25, 0.3) is 11.0 Å². The molecule has 2 heterocycles. The number of rotatable bonds is 5. The second kappa shape index (κ2) is 7.76. The molecule has 0 N–H and O–H groups in total. The zero-order valence-corrected chi connectivity index (χ0v) is 16.3. The number of hydrogen-bond donors (Lipinski definition) is 0. The summed E-state index contributed by atoms with van der Waals surface area (Å²) < 4.78 is 25.5. The molecule has 0 radical (unpaired) electrons. The Morgan fingerprint density at radius 2 is 2.00 bits per heavy atom. The first-order valence-corrected chi connectivity index (χ1v) is 9.74. The molecule has 0 unspecified atom stereocenters. The molecule has 4 rings (SSSR count). The molecule has 4 nitrogen and oxygen atoms in total. The quantitative estimate of drug-likeness (QED) is 0.588. The zero-order chi connectivity index (χ0) is 19.7. The lowest BCUT2D eigenvalue weighted by Crippen LogP contribution is -2.32. The third-order valence-corrected chi connectivity index (χ3v) is 5.31. The predicted octanol–water partition coefficient (Wildman–Crippen LogP) is 4.94. The van der Waals surface area contributed by atoms with E-state index in [4.69, 9.17) is 9.15 Å². The maximum Gasteiger partial charge on any atom is 0.336 e. The summed E-state index contributed by atoms with van der Waals surface area (Å²) in [5.74, 6) is 0.569. The number of unbranched alkanes of at least 4 members (excludes halogenated alkanes) is 1. The van der Waals surface area contributed by atoms with Crippen LogP contribution in [-0.2, 0) is 19.5 Å². The molecule has 0 saturated heterocycles. The molecular weight excluding hydrogens is 357 g/mol. The van der Waals surface area contributed by atoms with Gasteiger partial charge in [0, 0.05) is 41.2 Å². The van der Waals surface area contributed by atoms with Gasteiger partial charge in [-0.15, -0.1) is 0 Å². The first-order chi connectivity index (χ1) is 13.6. The number of halogens is 1. The van der Waals surface area contributed by atoms with Crippen LogP contribution in [0.2, 0.25) is 0 Å². The Hall–Kier alpha value is -2.66. The van der Waals surface area contributed by atoms with Crippen molar-refractivity contribution in [1.82, 2.24) is 4.90 Å². The van der Waals surface area contributed by atoms with E-state index in [1.165, 1.54) is 6.07 Å². The fraction of sp³-hybridized carbons (Fsp3) is 0.348. The summed E-state index contributed by atoms with van der Waals surface area (Å²) in [6.07, 6.45) is 2.92. The van der Waals surface area contributed by atoms with Crippen LogP contribution >= 0.6 is 0 Å². The van der Waals surface area contributed by atoms with E-state index < -0.39 is 0 Å². The molecule has 0 bridgehead atoms. The summed E-state index contributed by atoms with van der Waals surface area (Å²) in [6, 6.07) is 10.5. The van der Waals surface area contributed by atoms with Gasteiger partial charge in [0.2, 0.25) is 0 Å². The van der Waals surface area contributed by atoms with Gasteiger partial charge in [0.15, 0.2) is 0 Å². The average molecular weight is 381 g/mol. The van der Waals surface area contributed by atoms with Crippen LogP contribution in [0.3, 0.4) is 0 Å². The van der Waals surface area contributed by atoms with Gasteiger partial charge in [0.05, 0.1) is 0 Å². The van der Waals surface area contributed by atoms with Crippen LogP contribution < -0.4 is 10.4 Å². The lowest BCUT2D eigenvalue weighted by Gasteiger charge is -2.30. The minimum Gasteiger partial charge on any atom is -0.477 e. The SMILES string of the molecule is CCCCc1cc(=O)oc2c(C)c3c(cc12)CN(Cc1ccccc1F)CO3. The Balaban J connectivity index is 1.71. The van der Waals surface area contributed by atoms with Gasteiger partial charge in [0.25, 0.3) is 0 Å². The summed E-state index contributed by atoms with van der Waals surface area (Å²) in [5, 5.41) is 0.973. The predicted molar refractivity (Wildman–Crippen MR) is 107 cm³/mol. The Bertz CT molecular complexity index is 1070. The summed E-state index contributed by atoms with van der Waals surface area (Å²) in [7, 11) is 0. The van der Waals surface area contributed by atoms with Gasteiger partial charge in [0.1, 0.15) is 23.9 Å². The highest BCUT2D eigenvalue weighted by Crippen LogP contribution is 2.36. The molecular formula is C23H24FNO3. The van der Waals surface area contributed by atoms with E-state index in [9.17, 15) is 9.18 Å². The normalized spacial score (nSPS) is 14.1. The molecule has 0 saturated carbocycles. The molecule has 3 aromatic rings. The lowest BCUT2D eigenvalue weighted by molar-refractivity contribution is 0.0871. The lowest BCUT2D eigenvalue weighted by atomic mass is 9.98. The molecule has 1 aliphatic heterocycles. The van der Waals surface area contributed by atoms with Gasteiger partial charge in [-0.2, -0.15) is 0 Å². The Morgan fingerprint density at radius 1 is 1.18 bits per heavy atom. The minimum atomic E-state index is -0.321. The number of ether oxygens (including phenoxy) is 1. The van der Waals surface area contributed by atoms with Gasteiger partial charge >= 0.3 is 5.63 Å². The number of aryl methyl sites for hydroxylation is 2. The standard InChI is InChI=1S/C23H24FNO3/c1-3-4-7-16-11-21(26)28-23-15(2)22-18(10-19(16)23)13-25(14-27-22)12-17-8-5-6-9-20(17)24/h5-6,8-11H,3-4,7,12-14H2,1-2H3. The Kier molecular flexibility index (Phi) is 5.18. The Morgan fingerprint density at radius 3 is 2.79 bits per heavy atom. The molecule has 146 valence electrons. The number of fused-ring (bicyclic) bond motifs is 2. The van der Waals surface area contributed by atoms with Crippen molar-refractivity contribution >= 4 is 11.0 Å². The summed E-state index contributed by atoms with van der Waals surface area (Å²) >= 11 is 0. The van der Waals surface area contributed by atoms with Crippen molar-refractivity contribution in [1.29, 1.82) is 0 Å². The number of hydrogen-bond acceptors (Lipinski definition) is 4. The number of benzene rings is 2. The van der Waals surface area contributed by atoms with Crippen molar-refractivity contribution in [3.05, 3.63) is 74.9 Å². The average Bonchev–Trinajstić information content (AvgIpc) is 2.69. The van der Waals surface area contributed by atoms with E-state index in [0.29, 0.717) is 31.0 Å². The molecule has 28 heavy (non-hydrogen) atoms. The van der Waals surface area contributed by atoms with Crippen LogP contribution in [0.1, 0.15) is 42.0 Å². The third-order valence-electron chi connectivity index (χ3n) is 5.31. The maximum atomic E-state index is 14.0. The highest BCUT2D eigenvalue weighted by molar-refractivity contribution is 5.86.